The molecular weight excluding hydrogens is 571 g/mol. The van der Waals surface area contributed by atoms with Crippen LogP contribution in [0.25, 0.3) is 0 Å². The minimum atomic E-state index is -0.416. The molecule has 4 aromatic rings. The number of rotatable bonds is 6. The molecule has 1 amide bonds. The number of hydrogen-bond acceptors (Lipinski definition) is 4. The number of fused-ring (bicyclic) bond motifs is 1. The fourth-order valence-electron chi connectivity index (χ4n) is 3.73. The maximum Gasteiger partial charge on any atom is 0.245 e. The lowest BCUT2D eigenvalue weighted by molar-refractivity contribution is -0.117. The number of thioether (sulfide) groups is 1. The van der Waals surface area contributed by atoms with Crippen LogP contribution in [-0.2, 0) is 17.9 Å². The number of halogens is 3. The van der Waals surface area contributed by atoms with Gasteiger partial charge in [0, 0.05) is 19.5 Å². The third-order valence-electron chi connectivity index (χ3n) is 5.28. The lowest BCUT2D eigenvalue weighted by Crippen LogP contribution is -2.27. The van der Waals surface area contributed by atoms with Crippen LogP contribution in [0.2, 0.25) is 0 Å². The molecule has 0 saturated carbocycles. The van der Waals surface area contributed by atoms with Crippen molar-refractivity contribution >= 4 is 55.2 Å². The van der Waals surface area contributed by atoms with Gasteiger partial charge in [0.1, 0.15) is 16.8 Å². The van der Waals surface area contributed by atoms with E-state index in [-0.39, 0.29) is 11.7 Å². The van der Waals surface area contributed by atoms with E-state index < -0.39 is 5.25 Å². The Hall–Kier alpha value is -2.49. The Morgan fingerprint density at radius 3 is 2.42 bits per heavy atom. The van der Waals surface area contributed by atoms with Gasteiger partial charge in [-0.25, -0.2) is 9.07 Å². The molecule has 1 atom stereocenters. The van der Waals surface area contributed by atoms with Gasteiger partial charge in [-0.1, -0.05) is 49.2 Å². The summed E-state index contributed by atoms with van der Waals surface area (Å²) in [6.07, 6.45) is 1.87. The van der Waals surface area contributed by atoms with Gasteiger partial charge < -0.3 is 4.90 Å². The lowest BCUT2D eigenvalue weighted by Gasteiger charge is -2.16. The molecule has 0 bridgehead atoms. The van der Waals surface area contributed by atoms with E-state index in [1.165, 1.54) is 23.9 Å². The summed E-state index contributed by atoms with van der Waals surface area (Å²) >= 11 is 8.38. The third-order valence-corrected chi connectivity index (χ3v) is 7.54. The number of anilines is 1. The summed E-state index contributed by atoms with van der Waals surface area (Å²) in [4.78, 5) is 16.0. The minimum absolute atomic E-state index is 0.0279. The van der Waals surface area contributed by atoms with Crippen molar-refractivity contribution in [3.05, 3.63) is 105 Å². The van der Waals surface area contributed by atoms with Crippen molar-refractivity contribution in [2.75, 3.05) is 4.90 Å². The Labute approximate surface area is 211 Å². The van der Waals surface area contributed by atoms with Gasteiger partial charge in [-0.15, -0.1) is 16.9 Å². The molecule has 166 valence electrons. The molecule has 0 saturated heterocycles. The average Bonchev–Trinajstić information content (AvgIpc) is 3.34. The second-order valence-electron chi connectivity index (χ2n) is 7.61. The number of aromatic nitrogens is 3. The molecule has 33 heavy (non-hydrogen) atoms. The summed E-state index contributed by atoms with van der Waals surface area (Å²) in [6.45, 7) is 0.926. The average molecular weight is 588 g/mol. The van der Waals surface area contributed by atoms with Crippen LogP contribution in [-0.4, -0.2) is 20.9 Å². The molecule has 1 aliphatic heterocycles. The first-order valence-corrected chi connectivity index (χ1v) is 12.6. The van der Waals surface area contributed by atoms with Gasteiger partial charge >= 0.3 is 0 Å². The SMILES string of the molecule is O=C1C(Sc2ccc(F)cc2)c2cc(Br)ccc2N1Cc1cn(Cc2ccc(Br)cc2)nn1. The van der Waals surface area contributed by atoms with E-state index in [2.05, 4.69) is 42.2 Å². The highest BCUT2D eigenvalue weighted by molar-refractivity contribution is 9.10. The summed E-state index contributed by atoms with van der Waals surface area (Å²) in [5.74, 6) is -0.326. The molecule has 5 rings (SSSR count). The molecule has 1 unspecified atom stereocenters. The van der Waals surface area contributed by atoms with Gasteiger partial charge in [-0.3, -0.25) is 4.79 Å². The van der Waals surface area contributed by atoms with E-state index in [1.807, 2.05) is 48.7 Å². The zero-order valence-electron chi connectivity index (χ0n) is 17.2. The largest absolute Gasteiger partial charge is 0.305 e. The molecule has 5 nitrogen and oxygen atoms in total. The molecule has 3 aromatic carbocycles. The Morgan fingerprint density at radius 1 is 0.939 bits per heavy atom. The second kappa shape index (κ2) is 9.40. The number of benzene rings is 3. The smallest absolute Gasteiger partial charge is 0.245 e. The van der Waals surface area contributed by atoms with Crippen LogP contribution >= 0.6 is 43.6 Å². The van der Waals surface area contributed by atoms with Crippen molar-refractivity contribution in [3.63, 3.8) is 0 Å². The van der Waals surface area contributed by atoms with E-state index in [0.29, 0.717) is 18.8 Å². The van der Waals surface area contributed by atoms with E-state index in [0.717, 1.165) is 30.7 Å². The predicted octanol–water partition coefficient (Wildman–Crippen LogP) is 6.37. The molecule has 9 heteroatoms. The topological polar surface area (TPSA) is 51.0 Å². The van der Waals surface area contributed by atoms with Crippen molar-refractivity contribution in [1.82, 2.24) is 15.0 Å². The molecule has 2 heterocycles. The van der Waals surface area contributed by atoms with E-state index in [9.17, 15) is 9.18 Å². The maximum absolute atomic E-state index is 13.4. The number of nitrogens with zero attached hydrogens (tertiary/aromatic N) is 4. The van der Waals surface area contributed by atoms with Crippen LogP contribution in [0.1, 0.15) is 22.1 Å². The van der Waals surface area contributed by atoms with Gasteiger partial charge in [0.25, 0.3) is 0 Å². The Morgan fingerprint density at radius 2 is 1.67 bits per heavy atom. The molecular formula is C24H17Br2FN4OS. The normalized spacial score (nSPS) is 15.2. The number of carbonyl (C=O) groups excluding carboxylic acids is 1. The zero-order chi connectivity index (χ0) is 22.9. The number of amides is 1. The Kier molecular flexibility index (Phi) is 6.36. The summed E-state index contributed by atoms with van der Waals surface area (Å²) in [5.41, 5.74) is 3.59. The van der Waals surface area contributed by atoms with Crippen LogP contribution in [0.3, 0.4) is 0 Å². The summed E-state index contributed by atoms with van der Waals surface area (Å²) < 4.78 is 17.0. The minimum Gasteiger partial charge on any atom is -0.305 e. The zero-order valence-corrected chi connectivity index (χ0v) is 21.1. The van der Waals surface area contributed by atoms with Crippen molar-refractivity contribution in [3.8, 4) is 0 Å². The van der Waals surface area contributed by atoms with E-state index >= 15 is 0 Å². The monoisotopic (exact) mass is 586 g/mol. The van der Waals surface area contributed by atoms with Gasteiger partial charge in [0.05, 0.1) is 19.3 Å². The molecule has 0 aliphatic carbocycles. The molecule has 0 fully saturated rings. The van der Waals surface area contributed by atoms with E-state index in [1.54, 1.807) is 21.7 Å². The van der Waals surface area contributed by atoms with Crippen LogP contribution < -0.4 is 4.90 Å². The predicted molar refractivity (Wildman–Crippen MR) is 134 cm³/mol. The highest BCUT2D eigenvalue weighted by Crippen LogP contribution is 2.47. The van der Waals surface area contributed by atoms with Crippen LogP contribution in [0.5, 0.6) is 0 Å². The number of hydrogen-bond donors (Lipinski definition) is 0. The van der Waals surface area contributed by atoms with Crippen LogP contribution in [0, 0.1) is 5.82 Å². The summed E-state index contributed by atoms with van der Waals surface area (Å²) in [7, 11) is 0. The highest BCUT2D eigenvalue weighted by Gasteiger charge is 2.38. The molecule has 1 aliphatic rings. The first-order chi connectivity index (χ1) is 16.0. The maximum atomic E-state index is 13.4. The van der Waals surface area contributed by atoms with Crippen molar-refractivity contribution in [2.24, 2.45) is 0 Å². The molecule has 1 aromatic heterocycles. The molecule has 0 N–H and O–H groups in total. The molecule has 0 spiro atoms. The van der Waals surface area contributed by atoms with Crippen molar-refractivity contribution in [2.45, 2.75) is 23.2 Å². The van der Waals surface area contributed by atoms with Crippen molar-refractivity contribution in [1.29, 1.82) is 0 Å². The van der Waals surface area contributed by atoms with E-state index in [4.69, 9.17) is 0 Å². The van der Waals surface area contributed by atoms with Gasteiger partial charge in [-0.2, -0.15) is 0 Å². The fraction of sp³-hybridized carbons (Fsp3) is 0.125. The first kappa shape index (κ1) is 22.3. The second-order valence-corrected chi connectivity index (χ2v) is 10.6. The quantitative estimate of drug-likeness (QED) is 0.263. The van der Waals surface area contributed by atoms with Crippen molar-refractivity contribution < 1.29 is 9.18 Å². The van der Waals surface area contributed by atoms with Crippen LogP contribution in [0.15, 0.2) is 86.8 Å². The standard InChI is InChI=1S/C24H17Br2FN4OS/c25-16-3-1-15(2-4-16)12-30-13-19(28-29-30)14-31-22-10-5-17(26)11-21(22)23(24(31)32)33-20-8-6-18(27)7-9-20/h1-11,13,23H,12,14H2. The molecule has 0 radical (unpaired) electrons. The van der Waals surface area contributed by atoms with Gasteiger partial charge in [0.2, 0.25) is 5.91 Å². The Balaban J connectivity index is 1.37. The van der Waals surface area contributed by atoms with Gasteiger partial charge in [0.15, 0.2) is 0 Å². The third kappa shape index (κ3) is 4.90. The first-order valence-electron chi connectivity index (χ1n) is 10.1. The lowest BCUT2D eigenvalue weighted by atomic mass is 10.1. The highest BCUT2D eigenvalue weighted by atomic mass is 79.9. The van der Waals surface area contributed by atoms with Gasteiger partial charge in [-0.05, 0) is 65.7 Å². The fourth-order valence-corrected chi connectivity index (χ4v) is 5.48. The van der Waals surface area contributed by atoms with Crippen LogP contribution in [0.4, 0.5) is 10.1 Å². The number of carbonyl (C=O) groups is 1. The Bertz CT molecular complexity index is 1310. The summed E-state index contributed by atoms with van der Waals surface area (Å²) in [5, 5.41) is 8.11. The summed E-state index contributed by atoms with van der Waals surface area (Å²) in [6, 6.07) is 20.1.